The Kier molecular flexibility index (Phi) is 52.6. The van der Waals surface area contributed by atoms with E-state index in [2.05, 4.69) is 43.5 Å². The van der Waals surface area contributed by atoms with Crippen molar-refractivity contribution < 1.29 is 24.5 Å². The van der Waals surface area contributed by atoms with E-state index in [0.717, 1.165) is 70.6 Å². The fraction of sp³-hybridized carbons (Fsp3) is 0.897. The van der Waals surface area contributed by atoms with E-state index >= 15 is 0 Å². The topological polar surface area (TPSA) is 95.9 Å². The number of carbonyl (C=O) groups excluding carboxylic acids is 2. The zero-order chi connectivity index (χ0) is 46.5. The molecule has 0 radical (unpaired) electrons. The van der Waals surface area contributed by atoms with Gasteiger partial charge in [-0.1, -0.05) is 244 Å². The van der Waals surface area contributed by atoms with Crippen LogP contribution >= 0.6 is 0 Å². The van der Waals surface area contributed by atoms with Crippen LogP contribution in [0.4, 0.5) is 0 Å². The second-order valence-electron chi connectivity index (χ2n) is 19.6. The molecule has 0 aliphatic heterocycles. The first-order chi connectivity index (χ1) is 31.5. The van der Waals surface area contributed by atoms with Crippen molar-refractivity contribution in [1.82, 2.24) is 5.32 Å². The molecule has 3 N–H and O–H groups in total. The van der Waals surface area contributed by atoms with Gasteiger partial charge in [0.05, 0.1) is 25.4 Å². The summed E-state index contributed by atoms with van der Waals surface area (Å²) in [7, 11) is 0. The van der Waals surface area contributed by atoms with Crippen molar-refractivity contribution in [3.8, 4) is 0 Å². The first-order valence-corrected chi connectivity index (χ1v) is 28.6. The quantitative estimate of drug-likeness (QED) is 0.0321. The Morgan fingerprint density at radius 2 is 0.734 bits per heavy atom. The summed E-state index contributed by atoms with van der Waals surface area (Å²) in [5, 5.41) is 23.3. The van der Waals surface area contributed by atoms with Crippen LogP contribution in [0.1, 0.15) is 309 Å². The Morgan fingerprint density at radius 3 is 1.11 bits per heavy atom. The van der Waals surface area contributed by atoms with E-state index in [1.807, 2.05) is 0 Å². The molecule has 0 aliphatic carbocycles. The molecule has 6 heteroatoms. The lowest BCUT2D eigenvalue weighted by molar-refractivity contribution is -0.143. The van der Waals surface area contributed by atoms with Gasteiger partial charge in [0, 0.05) is 12.8 Å². The molecule has 2 unspecified atom stereocenters. The van der Waals surface area contributed by atoms with E-state index in [4.69, 9.17) is 4.74 Å². The van der Waals surface area contributed by atoms with Gasteiger partial charge in [-0.25, -0.2) is 0 Å². The molecule has 0 aromatic carbocycles. The number of nitrogens with one attached hydrogen (secondary N) is 1. The third-order valence-electron chi connectivity index (χ3n) is 13.2. The van der Waals surface area contributed by atoms with Gasteiger partial charge in [0.2, 0.25) is 5.91 Å². The summed E-state index contributed by atoms with van der Waals surface area (Å²) in [5.74, 6) is -0.0661. The van der Waals surface area contributed by atoms with E-state index in [-0.39, 0.29) is 18.5 Å². The third kappa shape index (κ3) is 49.8. The molecule has 0 aromatic rings. The average Bonchev–Trinajstić information content (AvgIpc) is 3.29. The smallest absolute Gasteiger partial charge is 0.305 e. The number of hydrogen-bond acceptors (Lipinski definition) is 5. The zero-order valence-electron chi connectivity index (χ0n) is 43.0. The number of esters is 1. The summed E-state index contributed by atoms with van der Waals surface area (Å²) < 4.78 is 5.46. The highest BCUT2D eigenvalue weighted by molar-refractivity contribution is 5.76. The minimum atomic E-state index is -0.674. The van der Waals surface area contributed by atoms with Gasteiger partial charge in [-0.3, -0.25) is 9.59 Å². The third-order valence-corrected chi connectivity index (χ3v) is 13.2. The van der Waals surface area contributed by atoms with Gasteiger partial charge in [0.1, 0.15) is 0 Å². The highest BCUT2D eigenvalue weighted by Crippen LogP contribution is 2.17. The van der Waals surface area contributed by atoms with E-state index in [1.54, 1.807) is 0 Å². The summed E-state index contributed by atoms with van der Waals surface area (Å²) in [5.41, 5.74) is 0. The number of unbranched alkanes of at least 4 members (excludes halogenated alkanes) is 38. The van der Waals surface area contributed by atoms with Crippen LogP contribution in [0.2, 0.25) is 0 Å². The van der Waals surface area contributed by atoms with Crippen molar-refractivity contribution in [2.45, 2.75) is 321 Å². The first kappa shape index (κ1) is 62.3. The SMILES string of the molecule is CCCCCCCCC/C=C\CCCCCCCC(=O)OCCCCCC/C=C\CCCCCCCCCC(=O)NC(CO)C(O)CCCCCCCCCCCCCCCCCC. The normalized spacial score (nSPS) is 12.8. The molecule has 0 spiro atoms. The van der Waals surface area contributed by atoms with Crippen molar-refractivity contribution in [3.05, 3.63) is 24.3 Å². The lowest BCUT2D eigenvalue weighted by atomic mass is 10.0. The second kappa shape index (κ2) is 54.0. The minimum absolute atomic E-state index is 0.0171. The summed E-state index contributed by atoms with van der Waals surface area (Å²) in [6.07, 6.45) is 64.4. The molecule has 0 fully saturated rings. The number of ether oxygens (including phenoxy) is 1. The molecular formula is C58H111NO5. The zero-order valence-corrected chi connectivity index (χ0v) is 43.0. The predicted molar refractivity (Wildman–Crippen MR) is 278 cm³/mol. The van der Waals surface area contributed by atoms with Crippen molar-refractivity contribution in [2.75, 3.05) is 13.2 Å². The van der Waals surface area contributed by atoms with Crippen LogP contribution in [0.15, 0.2) is 24.3 Å². The molecule has 1 amide bonds. The number of aliphatic hydroxyl groups is 2. The van der Waals surface area contributed by atoms with Gasteiger partial charge < -0.3 is 20.3 Å². The molecule has 0 aromatic heterocycles. The maximum absolute atomic E-state index is 12.5. The molecule has 378 valence electrons. The van der Waals surface area contributed by atoms with Crippen LogP contribution in [-0.2, 0) is 14.3 Å². The molecule has 2 atom stereocenters. The van der Waals surface area contributed by atoms with Crippen LogP contribution in [0.5, 0.6) is 0 Å². The minimum Gasteiger partial charge on any atom is -0.466 e. The Bertz CT molecular complexity index is 997. The summed E-state index contributed by atoms with van der Waals surface area (Å²) in [4.78, 5) is 24.5. The van der Waals surface area contributed by atoms with Crippen LogP contribution < -0.4 is 5.32 Å². The van der Waals surface area contributed by atoms with Gasteiger partial charge in [-0.15, -0.1) is 0 Å². The summed E-state index contributed by atoms with van der Waals surface area (Å²) in [6.45, 7) is 4.92. The fourth-order valence-corrected chi connectivity index (χ4v) is 8.81. The van der Waals surface area contributed by atoms with Gasteiger partial charge in [-0.05, 0) is 77.0 Å². The molecule has 0 heterocycles. The molecule has 0 bridgehead atoms. The van der Waals surface area contributed by atoms with Crippen molar-refractivity contribution in [3.63, 3.8) is 0 Å². The van der Waals surface area contributed by atoms with Gasteiger partial charge in [0.15, 0.2) is 0 Å². The van der Waals surface area contributed by atoms with E-state index in [1.165, 1.54) is 205 Å². The standard InChI is InChI=1S/C58H111NO5/c1-3-5-7-9-11-13-15-17-19-22-26-30-34-38-42-46-50-56(61)55(54-60)59-57(62)51-47-43-39-35-31-27-23-21-25-29-33-37-41-45-49-53-64-58(63)52-48-44-40-36-32-28-24-20-18-16-14-12-10-8-6-4-2/h20,24-25,29,55-56,60-61H,3-19,21-23,26-28,30-54H2,1-2H3,(H,59,62)/b24-20-,29-25-. The Labute approximate surface area is 399 Å². The lowest BCUT2D eigenvalue weighted by Gasteiger charge is -2.22. The molecule has 0 saturated carbocycles. The largest absolute Gasteiger partial charge is 0.466 e. The first-order valence-electron chi connectivity index (χ1n) is 28.6. The highest BCUT2D eigenvalue weighted by atomic mass is 16.5. The number of carbonyl (C=O) groups is 2. The lowest BCUT2D eigenvalue weighted by Crippen LogP contribution is -2.45. The van der Waals surface area contributed by atoms with Crippen molar-refractivity contribution >= 4 is 11.9 Å². The van der Waals surface area contributed by atoms with Gasteiger partial charge in [-0.2, -0.15) is 0 Å². The Balaban J connectivity index is 3.47. The Hall–Kier alpha value is -1.66. The second-order valence-corrected chi connectivity index (χ2v) is 19.6. The van der Waals surface area contributed by atoms with Crippen LogP contribution in [0.25, 0.3) is 0 Å². The van der Waals surface area contributed by atoms with Crippen LogP contribution in [0, 0.1) is 0 Å². The van der Waals surface area contributed by atoms with Crippen LogP contribution in [-0.4, -0.2) is 47.4 Å². The van der Waals surface area contributed by atoms with Crippen molar-refractivity contribution in [2.24, 2.45) is 0 Å². The maximum Gasteiger partial charge on any atom is 0.305 e. The van der Waals surface area contributed by atoms with Gasteiger partial charge >= 0.3 is 5.97 Å². The average molecular weight is 903 g/mol. The molecule has 0 aliphatic rings. The van der Waals surface area contributed by atoms with E-state index in [0.29, 0.717) is 25.9 Å². The molecule has 0 rings (SSSR count). The molecule has 64 heavy (non-hydrogen) atoms. The monoisotopic (exact) mass is 902 g/mol. The maximum atomic E-state index is 12.5. The summed E-state index contributed by atoms with van der Waals surface area (Å²) in [6, 6.07) is -0.553. The van der Waals surface area contributed by atoms with Crippen LogP contribution in [0.3, 0.4) is 0 Å². The fourth-order valence-electron chi connectivity index (χ4n) is 8.81. The van der Waals surface area contributed by atoms with Gasteiger partial charge in [0.25, 0.3) is 0 Å². The number of hydrogen-bond donors (Lipinski definition) is 3. The van der Waals surface area contributed by atoms with Crippen molar-refractivity contribution in [1.29, 1.82) is 0 Å². The molecular weight excluding hydrogens is 791 g/mol. The molecule has 6 nitrogen and oxygen atoms in total. The number of allylic oxidation sites excluding steroid dienone is 4. The highest BCUT2D eigenvalue weighted by Gasteiger charge is 2.20. The number of aliphatic hydroxyl groups excluding tert-OH is 2. The molecule has 0 saturated heterocycles. The van der Waals surface area contributed by atoms with E-state index < -0.39 is 12.1 Å². The number of amides is 1. The Morgan fingerprint density at radius 1 is 0.422 bits per heavy atom. The summed E-state index contributed by atoms with van der Waals surface area (Å²) >= 11 is 0. The number of rotatable bonds is 53. The van der Waals surface area contributed by atoms with E-state index in [9.17, 15) is 19.8 Å². The predicted octanol–water partition coefficient (Wildman–Crippen LogP) is 17.5.